The Bertz CT molecular complexity index is 1240. The fourth-order valence-electron chi connectivity index (χ4n) is 3.95. The van der Waals surface area contributed by atoms with Gasteiger partial charge >= 0.3 is 0 Å². The van der Waals surface area contributed by atoms with Gasteiger partial charge in [-0.1, -0.05) is 17.7 Å². The second-order valence-corrected chi connectivity index (χ2v) is 8.26. The number of anilines is 2. The van der Waals surface area contributed by atoms with Crippen molar-refractivity contribution < 1.29 is 9.21 Å². The number of hydrogen-bond acceptors (Lipinski definition) is 7. The molecule has 1 aliphatic rings. The molecule has 7 nitrogen and oxygen atoms in total. The van der Waals surface area contributed by atoms with E-state index >= 15 is 0 Å². The summed E-state index contributed by atoms with van der Waals surface area (Å²) >= 11 is 0. The number of benzene rings is 2. The van der Waals surface area contributed by atoms with E-state index in [1.165, 1.54) is 5.56 Å². The van der Waals surface area contributed by atoms with Crippen LogP contribution < -0.4 is 9.80 Å². The van der Waals surface area contributed by atoms with Gasteiger partial charge in [-0.25, -0.2) is 4.98 Å². The minimum Gasteiger partial charge on any atom is -0.416 e. The van der Waals surface area contributed by atoms with E-state index in [0.29, 0.717) is 11.8 Å². The minimum atomic E-state index is 0.0905. The van der Waals surface area contributed by atoms with Gasteiger partial charge in [-0.05, 0) is 62.4 Å². The van der Waals surface area contributed by atoms with Crippen molar-refractivity contribution in [3.05, 3.63) is 78.0 Å². The monoisotopic (exact) mass is 439 g/mol. The first-order valence-corrected chi connectivity index (χ1v) is 11.0. The van der Waals surface area contributed by atoms with Gasteiger partial charge in [-0.15, -0.1) is 10.2 Å². The number of Topliss-reactive ketones (excluding diaryl/α,β-unsaturated/α-hetero) is 1. The largest absolute Gasteiger partial charge is 0.416 e. The van der Waals surface area contributed by atoms with E-state index in [1.807, 2.05) is 67.6 Å². The zero-order valence-electron chi connectivity index (χ0n) is 18.7. The van der Waals surface area contributed by atoms with Crippen molar-refractivity contribution in [3.8, 4) is 22.9 Å². The molecule has 1 aliphatic heterocycles. The predicted molar refractivity (Wildman–Crippen MR) is 129 cm³/mol. The highest BCUT2D eigenvalue weighted by Gasteiger charge is 2.19. The van der Waals surface area contributed by atoms with Crippen LogP contribution in [0.25, 0.3) is 22.9 Å². The molecule has 2 aromatic carbocycles. The molecule has 1 fully saturated rings. The molecule has 33 heavy (non-hydrogen) atoms. The molecule has 3 heterocycles. The van der Waals surface area contributed by atoms with Crippen LogP contribution in [0.15, 0.2) is 71.3 Å². The number of piperazine rings is 1. The standard InChI is InChI=1S/C26H25N5O2/c1-18-3-5-21(6-4-18)25-28-29-26(33-25)22-9-12-24(27-17-22)31-15-13-30(14-16-31)23-10-7-20(8-11-23)19(2)32/h3-12,17H,13-16H2,1-2H3. The number of aryl methyl sites for hydroxylation is 1. The molecule has 1 saturated heterocycles. The van der Waals surface area contributed by atoms with Crippen LogP contribution in [-0.4, -0.2) is 47.1 Å². The lowest BCUT2D eigenvalue weighted by Crippen LogP contribution is -2.46. The molecular formula is C26H25N5O2. The van der Waals surface area contributed by atoms with Crippen molar-refractivity contribution in [3.63, 3.8) is 0 Å². The van der Waals surface area contributed by atoms with Crippen LogP contribution in [0.3, 0.4) is 0 Å². The van der Waals surface area contributed by atoms with Gasteiger partial charge in [0.25, 0.3) is 0 Å². The fourth-order valence-corrected chi connectivity index (χ4v) is 3.95. The van der Waals surface area contributed by atoms with Gasteiger partial charge in [-0.2, -0.15) is 0 Å². The summed E-state index contributed by atoms with van der Waals surface area (Å²) in [6.45, 7) is 7.17. The Hall–Kier alpha value is -4.00. The highest BCUT2D eigenvalue weighted by molar-refractivity contribution is 5.94. The Kier molecular flexibility index (Phi) is 5.60. The lowest BCUT2D eigenvalue weighted by atomic mass is 10.1. The molecule has 0 amide bonds. The first-order chi connectivity index (χ1) is 16.1. The Morgan fingerprint density at radius 1 is 0.788 bits per heavy atom. The summed E-state index contributed by atoms with van der Waals surface area (Å²) in [4.78, 5) is 20.7. The molecule has 2 aromatic heterocycles. The maximum Gasteiger partial charge on any atom is 0.249 e. The van der Waals surface area contributed by atoms with E-state index in [4.69, 9.17) is 4.42 Å². The highest BCUT2D eigenvalue weighted by atomic mass is 16.4. The molecule has 166 valence electrons. The maximum absolute atomic E-state index is 11.5. The van der Waals surface area contributed by atoms with Gasteiger partial charge in [0.15, 0.2) is 5.78 Å². The molecule has 7 heteroatoms. The number of pyridine rings is 1. The summed E-state index contributed by atoms with van der Waals surface area (Å²) in [5.41, 5.74) is 4.77. The Balaban J connectivity index is 1.22. The third-order valence-corrected chi connectivity index (χ3v) is 5.96. The van der Waals surface area contributed by atoms with Gasteiger partial charge in [0.05, 0.1) is 5.56 Å². The van der Waals surface area contributed by atoms with Crippen LogP contribution in [0.2, 0.25) is 0 Å². The van der Waals surface area contributed by atoms with Crippen LogP contribution in [0.4, 0.5) is 11.5 Å². The van der Waals surface area contributed by atoms with Crippen molar-refractivity contribution in [1.82, 2.24) is 15.2 Å². The molecule has 0 N–H and O–H groups in total. The van der Waals surface area contributed by atoms with E-state index in [-0.39, 0.29) is 5.78 Å². The number of ketones is 1. The van der Waals surface area contributed by atoms with Gasteiger partial charge < -0.3 is 14.2 Å². The molecule has 4 aromatic rings. The van der Waals surface area contributed by atoms with E-state index in [1.54, 1.807) is 13.1 Å². The second kappa shape index (κ2) is 8.86. The first-order valence-electron chi connectivity index (χ1n) is 11.0. The molecule has 0 radical (unpaired) electrons. The lowest BCUT2D eigenvalue weighted by molar-refractivity contribution is 0.101. The van der Waals surface area contributed by atoms with E-state index in [0.717, 1.165) is 54.4 Å². The SMILES string of the molecule is CC(=O)c1ccc(N2CCN(c3ccc(-c4nnc(-c5ccc(C)cc5)o4)cn3)CC2)cc1. The van der Waals surface area contributed by atoms with Crippen LogP contribution in [0.1, 0.15) is 22.8 Å². The molecule has 0 saturated carbocycles. The highest BCUT2D eigenvalue weighted by Crippen LogP contribution is 2.26. The molecule has 0 atom stereocenters. The third-order valence-electron chi connectivity index (χ3n) is 5.96. The van der Waals surface area contributed by atoms with Gasteiger partial charge in [0.2, 0.25) is 11.8 Å². The number of hydrogen-bond donors (Lipinski definition) is 0. The molecule has 5 rings (SSSR count). The summed E-state index contributed by atoms with van der Waals surface area (Å²) in [6, 6.07) is 19.8. The predicted octanol–water partition coefficient (Wildman–Crippen LogP) is 4.64. The number of carbonyl (C=O) groups excluding carboxylic acids is 1. The summed E-state index contributed by atoms with van der Waals surface area (Å²) in [5.74, 6) is 1.99. The van der Waals surface area contributed by atoms with Gasteiger partial charge in [-0.3, -0.25) is 4.79 Å². The van der Waals surface area contributed by atoms with E-state index < -0.39 is 0 Å². The van der Waals surface area contributed by atoms with Crippen LogP contribution in [-0.2, 0) is 0 Å². The van der Waals surface area contributed by atoms with Crippen molar-refractivity contribution >= 4 is 17.3 Å². The molecule has 0 bridgehead atoms. The molecule has 0 unspecified atom stereocenters. The number of carbonyl (C=O) groups is 1. The van der Waals surface area contributed by atoms with Crippen LogP contribution in [0, 0.1) is 6.92 Å². The van der Waals surface area contributed by atoms with E-state index in [9.17, 15) is 4.79 Å². The number of nitrogens with zero attached hydrogens (tertiary/aromatic N) is 5. The third kappa shape index (κ3) is 4.48. The average Bonchev–Trinajstić information content (AvgIpc) is 3.35. The summed E-state index contributed by atoms with van der Waals surface area (Å²) in [6.07, 6.45) is 1.79. The fraction of sp³-hybridized carbons (Fsp3) is 0.231. The maximum atomic E-state index is 11.5. The summed E-state index contributed by atoms with van der Waals surface area (Å²) < 4.78 is 5.86. The number of rotatable bonds is 5. The van der Waals surface area contributed by atoms with E-state index in [2.05, 4.69) is 25.0 Å². The Labute approximate surface area is 192 Å². The van der Waals surface area contributed by atoms with Crippen LogP contribution in [0.5, 0.6) is 0 Å². The molecule has 0 spiro atoms. The number of aromatic nitrogens is 3. The Morgan fingerprint density at radius 3 is 2.00 bits per heavy atom. The Morgan fingerprint density at radius 2 is 1.39 bits per heavy atom. The van der Waals surface area contributed by atoms with Gasteiger partial charge in [0.1, 0.15) is 5.82 Å². The minimum absolute atomic E-state index is 0.0905. The molecular weight excluding hydrogens is 414 g/mol. The topological polar surface area (TPSA) is 75.4 Å². The van der Waals surface area contributed by atoms with Crippen molar-refractivity contribution in [2.24, 2.45) is 0 Å². The first kappa shape index (κ1) is 20.9. The normalized spacial score (nSPS) is 13.9. The van der Waals surface area contributed by atoms with Crippen molar-refractivity contribution in [1.29, 1.82) is 0 Å². The smallest absolute Gasteiger partial charge is 0.249 e. The average molecular weight is 440 g/mol. The van der Waals surface area contributed by atoms with Crippen molar-refractivity contribution in [2.75, 3.05) is 36.0 Å². The summed E-state index contributed by atoms with van der Waals surface area (Å²) in [7, 11) is 0. The summed E-state index contributed by atoms with van der Waals surface area (Å²) in [5, 5.41) is 8.37. The zero-order chi connectivity index (χ0) is 22.8. The lowest BCUT2D eigenvalue weighted by Gasteiger charge is -2.36. The zero-order valence-corrected chi connectivity index (χ0v) is 18.7. The second-order valence-electron chi connectivity index (χ2n) is 8.26. The molecule has 0 aliphatic carbocycles. The van der Waals surface area contributed by atoms with Crippen molar-refractivity contribution in [2.45, 2.75) is 13.8 Å². The van der Waals surface area contributed by atoms with Gasteiger partial charge in [0, 0.05) is 49.2 Å². The quantitative estimate of drug-likeness (QED) is 0.420. The van der Waals surface area contributed by atoms with Crippen LogP contribution >= 0.6 is 0 Å².